The van der Waals surface area contributed by atoms with Crippen molar-refractivity contribution in [3.8, 4) is 0 Å². The van der Waals surface area contributed by atoms with Gasteiger partial charge in [-0.25, -0.2) is 0 Å². The Kier molecular flexibility index (Phi) is 4.97. The Bertz CT molecular complexity index is 554. The zero-order chi connectivity index (χ0) is 14.6. The molecule has 2 aromatic rings. The first-order valence-corrected chi connectivity index (χ1v) is 7.55. The van der Waals surface area contributed by atoms with Gasteiger partial charge in [0, 0.05) is 17.1 Å². The number of rotatable bonds is 5. The Labute approximate surface area is 129 Å². The maximum atomic E-state index is 10.6. The Morgan fingerprint density at radius 1 is 1.15 bits per heavy atom. The lowest BCUT2D eigenvalue weighted by atomic mass is 9.95. The average Bonchev–Trinajstić information content (AvgIpc) is 2.46. The maximum absolute atomic E-state index is 10.6. The molecule has 106 valence electrons. The van der Waals surface area contributed by atoms with Gasteiger partial charge in [0.05, 0.1) is 5.60 Å². The lowest BCUT2D eigenvalue weighted by molar-refractivity contribution is 0.0543. The van der Waals surface area contributed by atoms with Crippen molar-refractivity contribution in [3.63, 3.8) is 0 Å². The zero-order valence-corrected chi connectivity index (χ0v) is 13.4. The van der Waals surface area contributed by atoms with Crippen LogP contribution in [0.2, 0.25) is 0 Å². The van der Waals surface area contributed by atoms with Crippen molar-refractivity contribution < 1.29 is 5.11 Å². The van der Waals surface area contributed by atoms with E-state index in [1.54, 1.807) is 0 Å². The van der Waals surface area contributed by atoms with Crippen LogP contribution in [0.15, 0.2) is 59.1 Å². The Morgan fingerprint density at radius 2 is 1.85 bits per heavy atom. The second kappa shape index (κ2) is 6.53. The van der Waals surface area contributed by atoms with E-state index >= 15 is 0 Å². The van der Waals surface area contributed by atoms with Crippen LogP contribution < -0.4 is 5.32 Å². The summed E-state index contributed by atoms with van der Waals surface area (Å²) in [6.07, 6.45) is 0. The molecular weight excluding hydrogens is 314 g/mol. The van der Waals surface area contributed by atoms with Crippen LogP contribution >= 0.6 is 15.9 Å². The molecule has 0 saturated heterocycles. The van der Waals surface area contributed by atoms with Crippen molar-refractivity contribution >= 4 is 15.9 Å². The van der Waals surface area contributed by atoms with Gasteiger partial charge in [-0.1, -0.05) is 58.4 Å². The fraction of sp³-hybridized carbons (Fsp3) is 0.294. The quantitative estimate of drug-likeness (QED) is 0.866. The van der Waals surface area contributed by atoms with E-state index in [-0.39, 0.29) is 6.04 Å². The van der Waals surface area contributed by atoms with Gasteiger partial charge < -0.3 is 10.4 Å². The topological polar surface area (TPSA) is 32.3 Å². The van der Waals surface area contributed by atoms with E-state index in [4.69, 9.17) is 0 Å². The number of hydrogen-bond acceptors (Lipinski definition) is 2. The summed E-state index contributed by atoms with van der Waals surface area (Å²) in [5, 5.41) is 14.0. The van der Waals surface area contributed by atoms with E-state index in [0.29, 0.717) is 6.54 Å². The van der Waals surface area contributed by atoms with Crippen LogP contribution in [0.1, 0.15) is 31.0 Å². The number of aliphatic hydroxyl groups is 1. The molecule has 2 nitrogen and oxygen atoms in total. The third-order valence-corrected chi connectivity index (χ3v) is 3.99. The van der Waals surface area contributed by atoms with Crippen LogP contribution in [0.3, 0.4) is 0 Å². The maximum Gasteiger partial charge on any atom is 0.0992 e. The summed E-state index contributed by atoms with van der Waals surface area (Å²) in [5.74, 6) is 0. The Hall–Kier alpha value is -1.16. The molecule has 2 rings (SSSR count). The predicted octanol–water partition coefficient (Wildman–Crippen LogP) is 4.01. The molecule has 0 aromatic heterocycles. The summed E-state index contributed by atoms with van der Waals surface area (Å²) in [6.45, 7) is 4.44. The summed E-state index contributed by atoms with van der Waals surface area (Å²) >= 11 is 3.48. The van der Waals surface area contributed by atoms with Gasteiger partial charge in [-0.05, 0) is 37.1 Å². The van der Waals surface area contributed by atoms with Gasteiger partial charge in [0.25, 0.3) is 0 Å². The van der Waals surface area contributed by atoms with Crippen molar-refractivity contribution in [1.29, 1.82) is 0 Å². The van der Waals surface area contributed by atoms with Crippen molar-refractivity contribution in [1.82, 2.24) is 5.32 Å². The monoisotopic (exact) mass is 333 g/mol. The highest BCUT2D eigenvalue weighted by atomic mass is 79.9. The minimum Gasteiger partial charge on any atom is -0.384 e. The van der Waals surface area contributed by atoms with Crippen molar-refractivity contribution in [2.45, 2.75) is 25.5 Å². The molecule has 0 fully saturated rings. The largest absolute Gasteiger partial charge is 0.384 e. The number of hydrogen-bond donors (Lipinski definition) is 2. The molecule has 0 aliphatic rings. The van der Waals surface area contributed by atoms with E-state index in [0.717, 1.165) is 10.0 Å². The molecule has 2 aromatic carbocycles. The molecule has 0 aliphatic carbocycles. The minimum atomic E-state index is -0.873. The number of benzene rings is 2. The van der Waals surface area contributed by atoms with Crippen LogP contribution in [-0.2, 0) is 5.60 Å². The van der Waals surface area contributed by atoms with Crippen molar-refractivity contribution in [2.24, 2.45) is 0 Å². The van der Waals surface area contributed by atoms with Gasteiger partial charge in [-0.15, -0.1) is 0 Å². The molecule has 3 heteroatoms. The molecule has 20 heavy (non-hydrogen) atoms. The second-order valence-electron chi connectivity index (χ2n) is 5.30. The highest BCUT2D eigenvalue weighted by Gasteiger charge is 2.23. The lowest BCUT2D eigenvalue weighted by Crippen LogP contribution is -2.36. The van der Waals surface area contributed by atoms with Gasteiger partial charge in [-0.2, -0.15) is 0 Å². The Balaban J connectivity index is 2.01. The molecule has 0 aliphatic heterocycles. The highest BCUT2D eigenvalue weighted by Crippen LogP contribution is 2.22. The average molecular weight is 334 g/mol. The number of nitrogens with one attached hydrogen (secondary N) is 1. The van der Waals surface area contributed by atoms with Crippen molar-refractivity contribution in [3.05, 3.63) is 70.2 Å². The van der Waals surface area contributed by atoms with Crippen molar-refractivity contribution in [2.75, 3.05) is 6.54 Å². The first-order valence-electron chi connectivity index (χ1n) is 6.76. The van der Waals surface area contributed by atoms with E-state index in [2.05, 4.69) is 40.3 Å². The molecule has 0 spiro atoms. The van der Waals surface area contributed by atoms with E-state index in [9.17, 15) is 5.11 Å². The predicted molar refractivity (Wildman–Crippen MR) is 86.6 cm³/mol. The van der Waals surface area contributed by atoms with E-state index < -0.39 is 5.60 Å². The molecule has 0 heterocycles. The smallest absolute Gasteiger partial charge is 0.0992 e. The van der Waals surface area contributed by atoms with Gasteiger partial charge in [0.2, 0.25) is 0 Å². The molecule has 0 amide bonds. The summed E-state index contributed by atoms with van der Waals surface area (Å²) < 4.78 is 1.07. The molecule has 2 N–H and O–H groups in total. The number of halogens is 1. The molecule has 2 atom stereocenters. The van der Waals surface area contributed by atoms with Gasteiger partial charge in [0.1, 0.15) is 0 Å². The molecule has 0 radical (unpaired) electrons. The first kappa shape index (κ1) is 15.2. The minimum absolute atomic E-state index is 0.183. The van der Waals surface area contributed by atoms with E-state index in [1.165, 1.54) is 5.56 Å². The summed E-state index contributed by atoms with van der Waals surface area (Å²) in [7, 11) is 0. The van der Waals surface area contributed by atoms with Gasteiger partial charge in [-0.3, -0.25) is 0 Å². The fourth-order valence-electron chi connectivity index (χ4n) is 2.14. The normalized spacial score (nSPS) is 15.6. The summed E-state index contributed by atoms with van der Waals surface area (Å²) in [6, 6.07) is 18.1. The van der Waals surface area contributed by atoms with Crippen LogP contribution in [0.25, 0.3) is 0 Å². The van der Waals surface area contributed by atoms with Gasteiger partial charge in [0.15, 0.2) is 0 Å². The molecule has 0 saturated carbocycles. The molecule has 0 bridgehead atoms. The first-order chi connectivity index (χ1) is 9.49. The zero-order valence-electron chi connectivity index (χ0n) is 11.8. The summed E-state index contributed by atoms with van der Waals surface area (Å²) in [5.41, 5.74) is 1.25. The van der Waals surface area contributed by atoms with Crippen LogP contribution in [0, 0.1) is 0 Å². The van der Waals surface area contributed by atoms with Crippen LogP contribution in [0.4, 0.5) is 0 Å². The molecular formula is C17H20BrNO. The van der Waals surface area contributed by atoms with Crippen LogP contribution in [0.5, 0.6) is 0 Å². The molecule has 1 unspecified atom stereocenters. The fourth-order valence-corrected chi connectivity index (χ4v) is 2.56. The lowest BCUT2D eigenvalue weighted by Gasteiger charge is -2.26. The van der Waals surface area contributed by atoms with Gasteiger partial charge >= 0.3 is 0 Å². The van der Waals surface area contributed by atoms with Crippen LogP contribution in [-0.4, -0.2) is 11.7 Å². The SMILES string of the molecule is C[C@H](NCC(C)(O)c1ccccc1)c1cccc(Br)c1. The third kappa shape index (κ3) is 3.92. The Morgan fingerprint density at radius 3 is 2.50 bits per heavy atom. The highest BCUT2D eigenvalue weighted by molar-refractivity contribution is 9.10. The third-order valence-electron chi connectivity index (χ3n) is 3.50. The standard InChI is InChI=1S/C17H20BrNO/c1-13(14-7-6-10-16(18)11-14)19-12-17(2,20)15-8-4-3-5-9-15/h3-11,13,19-20H,12H2,1-2H3/t13-,17?/m0/s1. The summed E-state index contributed by atoms with van der Waals surface area (Å²) in [4.78, 5) is 0. The second-order valence-corrected chi connectivity index (χ2v) is 6.21. The van der Waals surface area contributed by atoms with E-state index in [1.807, 2.05) is 49.4 Å².